The Balaban J connectivity index is 2.02. The first kappa shape index (κ1) is 22.0. The molecule has 0 bridgehead atoms. The van der Waals surface area contributed by atoms with Crippen LogP contribution in [0.25, 0.3) is 5.69 Å². The molecule has 7 heteroatoms. The lowest BCUT2D eigenvalue weighted by Crippen LogP contribution is -2.33. The Morgan fingerprint density at radius 1 is 1.13 bits per heavy atom. The molecule has 3 aromatic rings. The van der Waals surface area contributed by atoms with Crippen molar-refractivity contribution in [3.8, 4) is 17.3 Å². The van der Waals surface area contributed by atoms with E-state index in [0.717, 1.165) is 16.9 Å². The highest BCUT2D eigenvalue weighted by Gasteiger charge is 2.22. The molecule has 160 valence electrons. The van der Waals surface area contributed by atoms with Crippen molar-refractivity contribution in [1.82, 2.24) is 14.7 Å². The Hall–Kier alpha value is -2.74. The molecular weight excluding hydrogens is 385 g/mol. The van der Waals surface area contributed by atoms with E-state index in [1.54, 1.807) is 36.9 Å². The topological polar surface area (TPSA) is 59.8 Å². The summed E-state index contributed by atoms with van der Waals surface area (Å²) in [4.78, 5) is 2.07. The number of aliphatic hydroxyl groups excluding tert-OH is 1. The molecule has 6 nitrogen and oxygen atoms in total. The van der Waals surface area contributed by atoms with Gasteiger partial charge in [-0.3, -0.25) is 4.90 Å². The van der Waals surface area contributed by atoms with Crippen molar-refractivity contribution in [2.45, 2.75) is 26.5 Å². The molecule has 3 rings (SSSR count). The normalized spacial score (nSPS) is 12.3. The zero-order valence-corrected chi connectivity index (χ0v) is 17.6. The van der Waals surface area contributed by atoms with Crippen LogP contribution < -0.4 is 4.74 Å². The number of aromatic nitrogens is 2. The number of aliphatic hydroxyl groups is 1. The van der Waals surface area contributed by atoms with Gasteiger partial charge in [-0.15, -0.1) is 0 Å². The third-order valence-electron chi connectivity index (χ3n) is 4.70. The van der Waals surface area contributed by atoms with Gasteiger partial charge < -0.3 is 14.6 Å². The van der Waals surface area contributed by atoms with Gasteiger partial charge in [-0.05, 0) is 38.1 Å². The van der Waals surface area contributed by atoms with E-state index in [1.807, 2.05) is 37.3 Å². The Morgan fingerprint density at radius 3 is 2.50 bits per heavy atom. The molecule has 0 aliphatic carbocycles. The molecule has 2 aromatic carbocycles. The van der Waals surface area contributed by atoms with Gasteiger partial charge in [0.25, 0.3) is 0 Å². The maximum Gasteiger partial charge on any atom is 0.227 e. The number of benzene rings is 2. The molecule has 0 radical (unpaired) electrons. The molecule has 0 saturated carbocycles. The number of para-hydroxylation sites is 2. The smallest absolute Gasteiger partial charge is 0.227 e. The number of methoxy groups -OCH3 is 1. The van der Waals surface area contributed by atoms with E-state index >= 15 is 0 Å². The Bertz CT molecular complexity index is 944. The molecule has 0 aliphatic heterocycles. The predicted molar refractivity (Wildman–Crippen MR) is 114 cm³/mol. The van der Waals surface area contributed by atoms with Crippen molar-refractivity contribution in [3.05, 3.63) is 71.7 Å². The number of hydrogen-bond donors (Lipinski definition) is 1. The van der Waals surface area contributed by atoms with Crippen LogP contribution in [-0.2, 0) is 11.3 Å². The van der Waals surface area contributed by atoms with Gasteiger partial charge in [0.1, 0.15) is 0 Å². The Labute approximate surface area is 176 Å². The lowest BCUT2D eigenvalue weighted by Gasteiger charge is -2.23. The van der Waals surface area contributed by atoms with Crippen LogP contribution in [0.15, 0.2) is 54.6 Å². The fraction of sp³-hybridized carbons (Fsp3) is 0.348. The minimum absolute atomic E-state index is 0.134. The summed E-state index contributed by atoms with van der Waals surface area (Å²) in [6.45, 7) is 5.77. The summed E-state index contributed by atoms with van der Waals surface area (Å²) in [5, 5.41) is 14.6. The first-order valence-electron chi connectivity index (χ1n) is 9.95. The van der Waals surface area contributed by atoms with E-state index in [-0.39, 0.29) is 5.75 Å². The van der Waals surface area contributed by atoms with Crippen LogP contribution in [0.1, 0.15) is 18.2 Å². The zero-order valence-electron chi connectivity index (χ0n) is 17.6. The summed E-state index contributed by atoms with van der Waals surface area (Å²) in [5.41, 5.74) is 2.43. The van der Waals surface area contributed by atoms with Gasteiger partial charge in [-0.2, -0.15) is 5.10 Å². The molecule has 1 N–H and O–H groups in total. The van der Waals surface area contributed by atoms with Crippen LogP contribution in [0.5, 0.6) is 11.6 Å². The molecular formula is C23H28FN3O3. The van der Waals surface area contributed by atoms with E-state index in [4.69, 9.17) is 9.47 Å². The summed E-state index contributed by atoms with van der Waals surface area (Å²) >= 11 is 0. The number of halogens is 1. The SMILES string of the molecule is COCCN(Cc1c(C)nn(-c2ccccc2)c1Oc1ccccc1F)CC(C)O. The summed E-state index contributed by atoms with van der Waals surface area (Å²) in [6.07, 6.45) is -0.498. The van der Waals surface area contributed by atoms with E-state index in [2.05, 4.69) is 10.00 Å². The Morgan fingerprint density at radius 2 is 1.83 bits per heavy atom. The zero-order chi connectivity index (χ0) is 21.5. The van der Waals surface area contributed by atoms with Crippen LogP contribution >= 0.6 is 0 Å². The van der Waals surface area contributed by atoms with E-state index in [9.17, 15) is 9.50 Å². The Kier molecular flexibility index (Phi) is 7.57. The monoisotopic (exact) mass is 413 g/mol. The predicted octanol–water partition coefficient (Wildman–Crippen LogP) is 3.94. The summed E-state index contributed by atoms with van der Waals surface area (Å²) < 4.78 is 27.3. The third kappa shape index (κ3) is 5.44. The number of rotatable bonds is 10. The fourth-order valence-corrected chi connectivity index (χ4v) is 3.25. The number of nitrogens with zero attached hydrogens (tertiary/aromatic N) is 3. The minimum atomic E-state index is -0.498. The van der Waals surface area contributed by atoms with Gasteiger partial charge >= 0.3 is 0 Å². The second kappa shape index (κ2) is 10.3. The van der Waals surface area contributed by atoms with Crippen LogP contribution in [0.2, 0.25) is 0 Å². The molecule has 30 heavy (non-hydrogen) atoms. The molecule has 0 aliphatic rings. The molecule has 1 aromatic heterocycles. The van der Waals surface area contributed by atoms with Gasteiger partial charge in [-0.1, -0.05) is 30.3 Å². The highest BCUT2D eigenvalue weighted by molar-refractivity contribution is 5.43. The fourth-order valence-electron chi connectivity index (χ4n) is 3.25. The van der Waals surface area contributed by atoms with Crippen molar-refractivity contribution < 1.29 is 19.0 Å². The highest BCUT2D eigenvalue weighted by Crippen LogP contribution is 2.32. The average molecular weight is 413 g/mol. The third-order valence-corrected chi connectivity index (χ3v) is 4.70. The molecule has 1 atom stereocenters. The van der Waals surface area contributed by atoms with E-state index in [1.165, 1.54) is 6.07 Å². The van der Waals surface area contributed by atoms with Crippen LogP contribution in [-0.4, -0.2) is 52.7 Å². The van der Waals surface area contributed by atoms with Crippen molar-refractivity contribution in [2.75, 3.05) is 26.8 Å². The van der Waals surface area contributed by atoms with E-state index < -0.39 is 11.9 Å². The second-order valence-corrected chi connectivity index (χ2v) is 7.23. The van der Waals surface area contributed by atoms with Gasteiger partial charge in [0, 0.05) is 26.7 Å². The summed E-state index contributed by atoms with van der Waals surface area (Å²) in [7, 11) is 1.64. The summed E-state index contributed by atoms with van der Waals surface area (Å²) in [6, 6.07) is 15.9. The number of ether oxygens (including phenoxy) is 2. The van der Waals surface area contributed by atoms with Gasteiger partial charge in [0.05, 0.1) is 29.7 Å². The van der Waals surface area contributed by atoms with Crippen molar-refractivity contribution in [3.63, 3.8) is 0 Å². The van der Waals surface area contributed by atoms with Crippen molar-refractivity contribution >= 4 is 0 Å². The van der Waals surface area contributed by atoms with Gasteiger partial charge in [0.2, 0.25) is 5.88 Å². The molecule has 1 unspecified atom stereocenters. The molecule has 0 fully saturated rings. The highest BCUT2D eigenvalue weighted by atomic mass is 19.1. The quantitative estimate of drug-likeness (QED) is 0.546. The standard InChI is InChI=1S/C23H28FN3O3/c1-17(28)15-26(13-14-29-3)16-20-18(2)25-27(19-9-5-4-6-10-19)23(20)30-22-12-8-7-11-21(22)24/h4-12,17,28H,13-16H2,1-3H3. The lowest BCUT2D eigenvalue weighted by molar-refractivity contribution is 0.0934. The van der Waals surface area contributed by atoms with E-state index in [0.29, 0.717) is 32.1 Å². The average Bonchev–Trinajstić information content (AvgIpc) is 3.03. The minimum Gasteiger partial charge on any atom is -0.435 e. The van der Waals surface area contributed by atoms with Crippen LogP contribution in [0.3, 0.4) is 0 Å². The largest absolute Gasteiger partial charge is 0.435 e. The molecule has 1 heterocycles. The first-order valence-corrected chi connectivity index (χ1v) is 9.95. The molecule has 0 saturated heterocycles. The maximum absolute atomic E-state index is 14.3. The van der Waals surface area contributed by atoms with Gasteiger partial charge in [0.15, 0.2) is 11.6 Å². The first-order chi connectivity index (χ1) is 14.5. The van der Waals surface area contributed by atoms with Gasteiger partial charge in [-0.25, -0.2) is 9.07 Å². The van der Waals surface area contributed by atoms with Crippen molar-refractivity contribution in [2.24, 2.45) is 0 Å². The number of hydrogen-bond acceptors (Lipinski definition) is 5. The molecule has 0 spiro atoms. The number of aryl methyl sites for hydroxylation is 1. The molecule has 0 amide bonds. The second-order valence-electron chi connectivity index (χ2n) is 7.23. The summed E-state index contributed by atoms with van der Waals surface area (Å²) in [5.74, 6) is 0.147. The maximum atomic E-state index is 14.3. The van der Waals surface area contributed by atoms with Crippen molar-refractivity contribution in [1.29, 1.82) is 0 Å². The van der Waals surface area contributed by atoms with Crippen LogP contribution in [0.4, 0.5) is 4.39 Å². The van der Waals surface area contributed by atoms with Crippen LogP contribution in [0, 0.1) is 12.7 Å². The lowest BCUT2D eigenvalue weighted by atomic mass is 10.2.